The third-order valence-electron chi connectivity index (χ3n) is 5.82. The number of nitrogens with one attached hydrogen (secondary N) is 1. The van der Waals surface area contributed by atoms with Gasteiger partial charge in [-0.1, -0.05) is 38.5 Å². The Balaban J connectivity index is 1.71. The van der Waals surface area contributed by atoms with Crippen molar-refractivity contribution in [3.63, 3.8) is 0 Å². The molecule has 0 bridgehead atoms. The number of unbranched alkanes of at least 4 members (excludes halogenated alkanes) is 1. The fraction of sp³-hybridized carbons (Fsp3) is 0.417. The highest BCUT2D eigenvalue weighted by atomic mass is 16.5. The second-order valence-electron chi connectivity index (χ2n) is 8.03. The van der Waals surface area contributed by atoms with Crippen LogP contribution in [0.15, 0.2) is 39.9 Å². The number of carbonyl (C=O) groups is 1. The number of H-pyrrole nitrogens is 1. The van der Waals surface area contributed by atoms with Crippen molar-refractivity contribution in [1.82, 2.24) is 23.7 Å². The van der Waals surface area contributed by atoms with E-state index >= 15 is 0 Å². The molecule has 9 nitrogen and oxygen atoms in total. The number of aryl methyl sites for hydroxylation is 3. The van der Waals surface area contributed by atoms with Crippen LogP contribution in [0.1, 0.15) is 56.3 Å². The van der Waals surface area contributed by atoms with Crippen molar-refractivity contribution >= 4 is 28.0 Å². The molecule has 4 aromatic rings. The third-order valence-corrected chi connectivity index (χ3v) is 5.82. The van der Waals surface area contributed by atoms with Crippen molar-refractivity contribution in [2.75, 3.05) is 0 Å². The first kappa shape index (κ1) is 22.6. The van der Waals surface area contributed by atoms with Gasteiger partial charge < -0.3 is 13.9 Å². The number of esters is 1. The minimum absolute atomic E-state index is 0.0971. The number of benzene rings is 1. The average molecular weight is 452 g/mol. The van der Waals surface area contributed by atoms with Gasteiger partial charge in [0.15, 0.2) is 11.2 Å². The number of nitrogens with zero attached hydrogens (tertiary/aromatic N) is 4. The van der Waals surface area contributed by atoms with Crippen molar-refractivity contribution in [1.29, 1.82) is 0 Å². The number of hydrogen-bond acceptors (Lipinski definition) is 5. The van der Waals surface area contributed by atoms with E-state index in [-0.39, 0.29) is 6.61 Å². The summed E-state index contributed by atoms with van der Waals surface area (Å²) in [5, 5.41) is 0.969. The monoisotopic (exact) mass is 451 g/mol. The van der Waals surface area contributed by atoms with E-state index in [9.17, 15) is 14.4 Å². The molecule has 4 rings (SSSR count). The fourth-order valence-electron chi connectivity index (χ4n) is 4.24. The smallest absolute Gasteiger partial charge is 0.355 e. The van der Waals surface area contributed by atoms with Crippen LogP contribution in [0.4, 0.5) is 0 Å². The molecule has 0 aliphatic rings. The number of fused-ring (bicyclic) bond motifs is 2. The number of hydrogen-bond donors (Lipinski definition) is 1. The summed E-state index contributed by atoms with van der Waals surface area (Å²) in [6, 6.07) is 9.62. The van der Waals surface area contributed by atoms with Crippen molar-refractivity contribution < 1.29 is 9.53 Å². The van der Waals surface area contributed by atoms with Gasteiger partial charge in [0.25, 0.3) is 5.56 Å². The van der Waals surface area contributed by atoms with Gasteiger partial charge in [-0.15, -0.1) is 0 Å². The van der Waals surface area contributed by atoms with Gasteiger partial charge >= 0.3 is 11.7 Å². The predicted molar refractivity (Wildman–Crippen MR) is 127 cm³/mol. The Kier molecular flexibility index (Phi) is 6.48. The molecular formula is C24H29N5O4. The number of rotatable bonds is 9. The number of carbonyl (C=O) groups excluding carboxylic acids is 1. The fourth-order valence-corrected chi connectivity index (χ4v) is 4.24. The Morgan fingerprint density at radius 2 is 1.82 bits per heavy atom. The number of aromatic amines is 1. The summed E-state index contributed by atoms with van der Waals surface area (Å²) in [5.41, 5.74) is 1.15. The largest absolute Gasteiger partial charge is 0.453 e. The maximum atomic E-state index is 13.0. The van der Waals surface area contributed by atoms with Gasteiger partial charge in [0.1, 0.15) is 18.1 Å². The second kappa shape index (κ2) is 9.48. The molecule has 0 unspecified atom stereocenters. The highest BCUT2D eigenvalue weighted by Crippen LogP contribution is 2.21. The van der Waals surface area contributed by atoms with Crippen LogP contribution >= 0.6 is 0 Å². The lowest BCUT2D eigenvalue weighted by Gasteiger charge is -2.10. The van der Waals surface area contributed by atoms with Crippen molar-refractivity contribution in [3.05, 3.63) is 62.7 Å². The molecule has 0 atom stereocenters. The van der Waals surface area contributed by atoms with Crippen LogP contribution in [0.3, 0.4) is 0 Å². The van der Waals surface area contributed by atoms with E-state index < -0.39 is 17.2 Å². The molecule has 1 N–H and O–H groups in total. The SMILES string of the molecule is CCCCn1c(=O)[nH]c(=O)c2c1nc(COC(=O)c1cc3ccccc3n1CC)n2CCC. The maximum Gasteiger partial charge on any atom is 0.355 e. The minimum Gasteiger partial charge on any atom is -0.453 e. The van der Waals surface area contributed by atoms with Crippen molar-refractivity contribution in [2.45, 2.75) is 66.3 Å². The van der Waals surface area contributed by atoms with Crippen LogP contribution in [0.2, 0.25) is 0 Å². The summed E-state index contributed by atoms with van der Waals surface area (Å²) in [6.07, 6.45) is 2.44. The molecule has 0 saturated heterocycles. The van der Waals surface area contributed by atoms with Crippen LogP contribution in [0.25, 0.3) is 22.1 Å². The van der Waals surface area contributed by atoms with Crippen molar-refractivity contribution in [2.24, 2.45) is 0 Å². The van der Waals surface area contributed by atoms with Gasteiger partial charge in [-0.2, -0.15) is 0 Å². The first-order valence-corrected chi connectivity index (χ1v) is 11.5. The Morgan fingerprint density at radius 1 is 1.03 bits per heavy atom. The van der Waals surface area contributed by atoms with Crippen LogP contribution < -0.4 is 11.2 Å². The normalized spacial score (nSPS) is 11.5. The van der Waals surface area contributed by atoms with Crippen molar-refractivity contribution in [3.8, 4) is 0 Å². The van der Waals surface area contributed by atoms with Gasteiger partial charge in [0.2, 0.25) is 0 Å². The van der Waals surface area contributed by atoms with Gasteiger partial charge in [0, 0.05) is 30.5 Å². The zero-order chi connectivity index (χ0) is 23.5. The molecule has 0 radical (unpaired) electrons. The Morgan fingerprint density at radius 3 is 2.55 bits per heavy atom. The van der Waals surface area contributed by atoms with E-state index in [4.69, 9.17) is 4.74 Å². The summed E-state index contributed by atoms with van der Waals surface area (Å²) in [4.78, 5) is 45.0. The maximum absolute atomic E-state index is 13.0. The lowest BCUT2D eigenvalue weighted by atomic mass is 10.2. The second-order valence-corrected chi connectivity index (χ2v) is 8.03. The molecule has 0 aliphatic carbocycles. The first-order valence-electron chi connectivity index (χ1n) is 11.5. The lowest BCUT2D eigenvalue weighted by Crippen LogP contribution is -2.31. The Hall–Kier alpha value is -3.62. The third kappa shape index (κ3) is 4.10. The highest BCUT2D eigenvalue weighted by Gasteiger charge is 2.21. The van der Waals surface area contributed by atoms with E-state index in [1.54, 1.807) is 4.57 Å². The Bertz CT molecular complexity index is 1420. The van der Waals surface area contributed by atoms with Gasteiger partial charge in [-0.25, -0.2) is 14.6 Å². The average Bonchev–Trinajstić information content (AvgIpc) is 3.36. The molecule has 1 aromatic carbocycles. The summed E-state index contributed by atoms with van der Waals surface area (Å²) in [7, 11) is 0. The standard InChI is InChI=1S/C24H29N5O4/c1-4-7-13-29-21-20(22(30)26-24(29)32)28(12-5-2)19(25-21)15-33-23(31)18-14-16-10-8-9-11-17(16)27(18)6-3/h8-11,14H,4-7,12-13,15H2,1-3H3,(H,26,30,32). The molecule has 33 heavy (non-hydrogen) atoms. The summed E-state index contributed by atoms with van der Waals surface area (Å²) in [6.45, 7) is 7.51. The van der Waals surface area contributed by atoms with E-state index in [1.807, 2.05) is 55.7 Å². The number of ether oxygens (including phenoxy) is 1. The highest BCUT2D eigenvalue weighted by molar-refractivity contribution is 5.95. The van der Waals surface area contributed by atoms with Gasteiger partial charge in [0.05, 0.1) is 0 Å². The van der Waals surface area contributed by atoms with Gasteiger partial charge in [-0.3, -0.25) is 14.3 Å². The predicted octanol–water partition coefficient (Wildman–Crippen LogP) is 3.43. The zero-order valence-corrected chi connectivity index (χ0v) is 19.3. The summed E-state index contributed by atoms with van der Waals surface area (Å²) in [5.74, 6) is -0.0128. The molecule has 9 heteroatoms. The molecule has 0 spiro atoms. The molecule has 0 saturated carbocycles. The molecule has 3 heterocycles. The molecule has 0 aliphatic heterocycles. The number of para-hydroxylation sites is 1. The van der Waals surface area contributed by atoms with Crippen LogP contribution in [0.5, 0.6) is 0 Å². The summed E-state index contributed by atoms with van der Waals surface area (Å²) >= 11 is 0. The Labute approximate surface area is 190 Å². The molecule has 0 amide bonds. The summed E-state index contributed by atoms with van der Waals surface area (Å²) < 4.78 is 10.8. The van der Waals surface area contributed by atoms with E-state index in [2.05, 4.69) is 9.97 Å². The van der Waals surface area contributed by atoms with E-state index in [0.717, 1.165) is 30.2 Å². The van der Waals surface area contributed by atoms with Gasteiger partial charge in [-0.05, 0) is 31.9 Å². The first-order chi connectivity index (χ1) is 16.0. The topological polar surface area (TPSA) is 104 Å². The quantitative estimate of drug-likeness (QED) is 0.393. The molecule has 174 valence electrons. The van der Waals surface area contributed by atoms with E-state index in [0.29, 0.717) is 42.3 Å². The van der Waals surface area contributed by atoms with Crippen LogP contribution in [-0.2, 0) is 31.0 Å². The van der Waals surface area contributed by atoms with E-state index in [1.165, 1.54) is 4.57 Å². The minimum atomic E-state index is -0.479. The molecule has 0 fully saturated rings. The van der Waals surface area contributed by atoms with Crippen LogP contribution in [0, 0.1) is 0 Å². The number of aromatic nitrogens is 5. The lowest BCUT2D eigenvalue weighted by molar-refractivity contribution is 0.0446. The molecular weight excluding hydrogens is 422 g/mol. The van der Waals surface area contributed by atoms with Crippen LogP contribution in [-0.4, -0.2) is 29.6 Å². The zero-order valence-electron chi connectivity index (χ0n) is 19.3. The molecule has 3 aromatic heterocycles. The number of imidazole rings is 1.